The van der Waals surface area contributed by atoms with Crippen LogP contribution in [0.25, 0.3) is 0 Å². The van der Waals surface area contributed by atoms with Gasteiger partial charge in [0.15, 0.2) is 5.82 Å². The van der Waals surface area contributed by atoms with Crippen LogP contribution in [0.4, 0.5) is 0 Å². The maximum atomic E-state index is 6.16. The summed E-state index contributed by atoms with van der Waals surface area (Å²) in [5, 5.41) is 4.40. The molecule has 98 valence electrons. The van der Waals surface area contributed by atoms with Crippen molar-refractivity contribution in [2.45, 2.75) is 32.7 Å². The molecule has 2 aromatic heterocycles. The van der Waals surface area contributed by atoms with Gasteiger partial charge in [0.05, 0.1) is 12.4 Å². The van der Waals surface area contributed by atoms with Crippen LogP contribution in [0, 0.1) is 5.92 Å². The summed E-state index contributed by atoms with van der Waals surface area (Å²) in [6, 6.07) is -0.163. The highest BCUT2D eigenvalue weighted by Crippen LogP contribution is 2.13. The van der Waals surface area contributed by atoms with Crippen molar-refractivity contribution < 1.29 is 0 Å². The van der Waals surface area contributed by atoms with E-state index in [1.165, 1.54) is 0 Å². The predicted octanol–water partition coefficient (Wildman–Crippen LogP) is 0.979. The van der Waals surface area contributed by atoms with Crippen LogP contribution < -0.4 is 5.73 Å². The molecule has 3 N–H and O–H groups in total. The normalized spacial score (nSPS) is 13.2. The minimum atomic E-state index is -0.163. The van der Waals surface area contributed by atoms with Gasteiger partial charge in [-0.15, -0.1) is 0 Å². The average Bonchev–Trinajstić information content (AvgIpc) is 2.87. The van der Waals surface area contributed by atoms with Crippen molar-refractivity contribution in [1.82, 2.24) is 24.7 Å². The van der Waals surface area contributed by atoms with Crippen LogP contribution in [-0.2, 0) is 19.9 Å². The lowest BCUT2D eigenvalue weighted by atomic mass is 10.1. The molecule has 0 aliphatic rings. The molecule has 0 aliphatic heterocycles. The quantitative estimate of drug-likeness (QED) is 0.826. The zero-order valence-electron chi connectivity index (χ0n) is 11.1. The number of aromatic amines is 1. The second-order valence-electron chi connectivity index (χ2n) is 5.00. The summed E-state index contributed by atoms with van der Waals surface area (Å²) in [4.78, 5) is 11.6. The smallest absolute Gasteiger partial charge is 0.151 e. The van der Waals surface area contributed by atoms with Crippen molar-refractivity contribution in [3.05, 3.63) is 29.9 Å². The van der Waals surface area contributed by atoms with Crippen molar-refractivity contribution in [1.29, 1.82) is 0 Å². The van der Waals surface area contributed by atoms with Crippen LogP contribution in [-0.4, -0.2) is 24.7 Å². The van der Waals surface area contributed by atoms with Gasteiger partial charge in [0.2, 0.25) is 0 Å². The highest BCUT2D eigenvalue weighted by Gasteiger charge is 2.16. The third-order valence-corrected chi connectivity index (χ3v) is 2.76. The molecule has 0 bridgehead atoms. The molecule has 6 nitrogen and oxygen atoms in total. The van der Waals surface area contributed by atoms with Gasteiger partial charge < -0.3 is 10.7 Å². The van der Waals surface area contributed by atoms with Crippen LogP contribution in [0.2, 0.25) is 0 Å². The van der Waals surface area contributed by atoms with Gasteiger partial charge in [-0.25, -0.2) is 9.97 Å². The molecular formula is C12H20N6. The van der Waals surface area contributed by atoms with Crippen molar-refractivity contribution in [2.24, 2.45) is 18.7 Å². The molecule has 0 spiro atoms. The Hall–Kier alpha value is -1.69. The number of nitrogens with one attached hydrogen (secondary N) is 1. The topological polar surface area (TPSA) is 85.4 Å². The lowest BCUT2D eigenvalue weighted by molar-refractivity contribution is 0.592. The monoisotopic (exact) mass is 248 g/mol. The van der Waals surface area contributed by atoms with Crippen LogP contribution >= 0.6 is 0 Å². The number of aryl methyl sites for hydroxylation is 1. The van der Waals surface area contributed by atoms with E-state index in [4.69, 9.17) is 5.73 Å². The van der Waals surface area contributed by atoms with E-state index in [1.807, 2.05) is 7.05 Å². The van der Waals surface area contributed by atoms with E-state index in [2.05, 4.69) is 33.9 Å². The van der Waals surface area contributed by atoms with Crippen LogP contribution in [0.15, 0.2) is 12.5 Å². The first-order valence-corrected chi connectivity index (χ1v) is 6.19. The number of nitrogens with zero attached hydrogens (tertiary/aromatic N) is 4. The van der Waals surface area contributed by atoms with Gasteiger partial charge >= 0.3 is 0 Å². The number of aromatic nitrogens is 5. The number of H-pyrrole nitrogens is 1. The summed E-state index contributed by atoms with van der Waals surface area (Å²) in [5.41, 5.74) is 7.17. The Kier molecular flexibility index (Phi) is 3.76. The Bertz CT molecular complexity index is 485. The van der Waals surface area contributed by atoms with E-state index >= 15 is 0 Å². The third kappa shape index (κ3) is 2.95. The highest BCUT2D eigenvalue weighted by atomic mass is 15.3. The Balaban J connectivity index is 2.10. The zero-order chi connectivity index (χ0) is 13.1. The molecular weight excluding hydrogens is 228 g/mol. The minimum absolute atomic E-state index is 0.163. The van der Waals surface area contributed by atoms with Crippen molar-refractivity contribution >= 4 is 0 Å². The molecule has 0 aliphatic carbocycles. The molecule has 0 radical (unpaired) electrons. The highest BCUT2D eigenvalue weighted by molar-refractivity contribution is 5.05. The van der Waals surface area contributed by atoms with Gasteiger partial charge in [0.1, 0.15) is 5.82 Å². The first-order valence-electron chi connectivity index (χ1n) is 6.19. The number of rotatable bonds is 5. The molecule has 0 saturated carbocycles. The van der Waals surface area contributed by atoms with Gasteiger partial charge in [0.25, 0.3) is 0 Å². The molecule has 18 heavy (non-hydrogen) atoms. The molecule has 0 fully saturated rings. The minimum Gasteiger partial charge on any atom is -0.348 e. The molecule has 1 atom stereocenters. The second-order valence-corrected chi connectivity index (χ2v) is 5.00. The molecule has 2 rings (SSSR count). The van der Waals surface area contributed by atoms with E-state index in [1.54, 1.807) is 17.2 Å². The van der Waals surface area contributed by atoms with Crippen molar-refractivity contribution in [3.63, 3.8) is 0 Å². The molecule has 2 heterocycles. The van der Waals surface area contributed by atoms with Crippen LogP contribution in [0.5, 0.6) is 0 Å². The summed E-state index contributed by atoms with van der Waals surface area (Å²) >= 11 is 0. The molecule has 1 unspecified atom stereocenters. The largest absolute Gasteiger partial charge is 0.348 e. The fourth-order valence-corrected chi connectivity index (χ4v) is 1.95. The Morgan fingerprint density at radius 2 is 2.17 bits per heavy atom. The first-order chi connectivity index (χ1) is 8.56. The fraction of sp³-hybridized carbons (Fsp3) is 0.583. The molecule has 2 aromatic rings. The fourth-order valence-electron chi connectivity index (χ4n) is 1.95. The van der Waals surface area contributed by atoms with Crippen LogP contribution in [0.1, 0.15) is 37.2 Å². The van der Waals surface area contributed by atoms with E-state index in [0.29, 0.717) is 12.3 Å². The number of hydrogen-bond acceptors (Lipinski definition) is 4. The summed E-state index contributed by atoms with van der Waals surface area (Å²) in [7, 11) is 1.89. The molecule has 0 aromatic carbocycles. The maximum absolute atomic E-state index is 6.16. The standard InChI is InChI=1S/C12H20N6/c1-8(2)4-11-16-12(18(3)17-11)10(13)5-9-6-14-7-15-9/h6-8,10H,4-5,13H2,1-3H3,(H,14,15). The van der Waals surface area contributed by atoms with Gasteiger partial charge in [-0.1, -0.05) is 13.8 Å². The zero-order valence-corrected chi connectivity index (χ0v) is 11.1. The molecule has 0 amide bonds. The predicted molar refractivity (Wildman–Crippen MR) is 68.8 cm³/mol. The van der Waals surface area contributed by atoms with E-state index in [-0.39, 0.29) is 6.04 Å². The SMILES string of the molecule is CC(C)Cc1nc(C(N)Cc2cnc[nH]2)n(C)n1. The summed E-state index contributed by atoms with van der Waals surface area (Å²) in [5.74, 6) is 2.23. The van der Waals surface area contributed by atoms with Crippen molar-refractivity contribution in [2.75, 3.05) is 0 Å². The molecule has 6 heteroatoms. The first kappa shape index (κ1) is 12.8. The number of imidazole rings is 1. The van der Waals surface area contributed by atoms with Gasteiger partial charge in [-0.2, -0.15) is 5.10 Å². The lowest BCUT2D eigenvalue weighted by Crippen LogP contribution is -2.18. The second kappa shape index (κ2) is 5.30. The van der Waals surface area contributed by atoms with E-state index < -0.39 is 0 Å². The Morgan fingerprint density at radius 3 is 2.78 bits per heavy atom. The average molecular weight is 248 g/mol. The lowest BCUT2D eigenvalue weighted by Gasteiger charge is -2.08. The molecule has 0 saturated heterocycles. The maximum Gasteiger partial charge on any atom is 0.151 e. The third-order valence-electron chi connectivity index (χ3n) is 2.76. The summed E-state index contributed by atoms with van der Waals surface area (Å²) in [6.07, 6.45) is 5.01. The number of hydrogen-bond donors (Lipinski definition) is 2. The van der Waals surface area contributed by atoms with Crippen LogP contribution in [0.3, 0.4) is 0 Å². The van der Waals surface area contributed by atoms with Gasteiger partial charge in [-0.3, -0.25) is 4.68 Å². The van der Waals surface area contributed by atoms with Gasteiger partial charge in [-0.05, 0) is 5.92 Å². The Labute approximate surface area is 107 Å². The summed E-state index contributed by atoms with van der Waals surface area (Å²) in [6.45, 7) is 4.31. The summed E-state index contributed by atoms with van der Waals surface area (Å²) < 4.78 is 1.78. The Morgan fingerprint density at radius 1 is 1.39 bits per heavy atom. The van der Waals surface area contributed by atoms with Crippen molar-refractivity contribution in [3.8, 4) is 0 Å². The van der Waals surface area contributed by atoms with Gasteiger partial charge in [0, 0.05) is 31.8 Å². The van der Waals surface area contributed by atoms with E-state index in [0.717, 1.165) is 23.8 Å². The number of nitrogens with two attached hydrogens (primary N) is 1. The van der Waals surface area contributed by atoms with E-state index in [9.17, 15) is 0 Å².